The summed E-state index contributed by atoms with van der Waals surface area (Å²) in [6, 6.07) is 1.05. The van der Waals surface area contributed by atoms with Crippen molar-refractivity contribution in [3.05, 3.63) is 50.3 Å². The lowest BCUT2D eigenvalue weighted by Gasteiger charge is -2.10. The van der Waals surface area contributed by atoms with Crippen LogP contribution >= 0.6 is 0 Å². The van der Waals surface area contributed by atoms with Crippen LogP contribution in [-0.2, 0) is 20.3 Å². The van der Waals surface area contributed by atoms with Crippen LogP contribution in [0.1, 0.15) is 22.0 Å². The molecule has 2 aromatic heterocycles. The van der Waals surface area contributed by atoms with E-state index in [4.69, 9.17) is 0 Å². The van der Waals surface area contributed by atoms with Gasteiger partial charge in [-0.1, -0.05) is 0 Å². The van der Waals surface area contributed by atoms with Gasteiger partial charge in [-0.05, 0) is 13.0 Å². The van der Waals surface area contributed by atoms with Crippen LogP contribution < -0.4 is 16.6 Å². The van der Waals surface area contributed by atoms with Gasteiger partial charge in [-0.2, -0.15) is 13.2 Å². The first-order valence-corrected chi connectivity index (χ1v) is 6.51. The smallest absolute Gasteiger partial charge is 0.315 e. The van der Waals surface area contributed by atoms with Crippen molar-refractivity contribution in [1.82, 2.24) is 19.1 Å². The Hall–Kier alpha value is -2.98. The molecule has 2 heterocycles. The van der Waals surface area contributed by atoms with Crippen LogP contribution in [0.15, 0.2) is 21.9 Å². The Morgan fingerprint density at radius 1 is 1.21 bits per heavy atom. The number of halogens is 3. The van der Waals surface area contributed by atoms with Crippen molar-refractivity contribution >= 4 is 11.6 Å². The average Bonchev–Trinajstić information content (AvgIpc) is 2.49. The summed E-state index contributed by atoms with van der Waals surface area (Å²) in [5, 5.41) is 2.15. The van der Waals surface area contributed by atoms with Crippen molar-refractivity contribution in [3.8, 4) is 0 Å². The van der Waals surface area contributed by atoms with E-state index in [0.717, 1.165) is 21.4 Å². The Kier molecular flexibility index (Phi) is 4.28. The summed E-state index contributed by atoms with van der Waals surface area (Å²) in [6.45, 7) is 1.28. The highest BCUT2D eigenvalue weighted by molar-refractivity contribution is 6.02. The molecule has 0 spiro atoms. The van der Waals surface area contributed by atoms with Crippen LogP contribution in [0.2, 0.25) is 0 Å². The number of amides is 1. The number of aryl methyl sites for hydroxylation is 2. The molecule has 0 aliphatic heterocycles. The number of hydrogen-bond acceptors (Lipinski definition) is 5. The van der Waals surface area contributed by atoms with E-state index in [2.05, 4.69) is 15.3 Å². The van der Waals surface area contributed by atoms with Crippen LogP contribution in [0.4, 0.5) is 18.9 Å². The van der Waals surface area contributed by atoms with E-state index in [1.54, 1.807) is 0 Å². The molecular formula is C13H12F3N5O3. The topological polar surface area (TPSA) is 98.9 Å². The molecule has 24 heavy (non-hydrogen) atoms. The molecule has 128 valence electrons. The van der Waals surface area contributed by atoms with Gasteiger partial charge in [0.2, 0.25) is 5.82 Å². The molecule has 0 saturated carbocycles. The van der Waals surface area contributed by atoms with Gasteiger partial charge in [-0.3, -0.25) is 14.2 Å². The second kappa shape index (κ2) is 5.91. The Balaban J connectivity index is 2.44. The molecule has 1 N–H and O–H groups in total. The Labute approximate surface area is 132 Å². The molecule has 11 heteroatoms. The number of nitrogens with zero attached hydrogens (tertiary/aromatic N) is 4. The van der Waals surface area contributed by atoms with Gasteiger partial charge in [0.05, 0.1) is 0 Å². The van der Waals surface area contributed by atoms with Gasteiger partial charge < -0.3 is 9.88 Å². The van der Waals surface area contributed by atoms with Crippen molar-refractivity contribution in [2.45, 2.75) is 13.1 Å². The molecule has 0 aliphatic rings. The molecule has 0 fully saturated rings. The molecule has 2 aromatic rings. The van der Waals surface area contributed by atoms with E-state index < -0.39 is 34.9 Å². The molecule has 0 radical (unpaired) electrons. The van der Waals surface area contributed by atoms with Gasteiger partial charge in [-0.15, -0.1) is 0 Å². The maximum absolute atomic E-state index is 12.7. The standard InChI is InChI=1S/C13H12F3N5O3/c1-6-4-7(19-11(17-6)13(14,15)16)9(22)18-8-5-20(2)12(24)21(3)10(8)23/h4-5H,1-3H3,(H,18,22). The van der Waals surface area contributed by atoms with Gasteiger partial charge in [0.1, 0.15) is 11.4 Å². The first kappa shape index (κ1) is 17.4. The summed E-state index contributed by atoms with van der Waals surface area (Å²) >= 11 is 0. The molecule has 1 amide bonds. The number of nitrogens with one attached hydrogen (secondary N) is 1. The first-order chi connectivity index (χ1) is 11.0. The van der Waals surface area contributed by atoms with Crippen molar-refractivity contribution < 1.29 is 18.0 Å². The summed E-state index contributed by atoms with van der Waals surface area (Å²) in [4.78, 5) is 42.0. The van der Waals surface area contributed by atoms with Crippen molar-refractivity contribution in [2.75, 3.05) is 5.32 Å². The average molecular weight is 343 g/mol. The third kappa shape index (κ3) is 3.34. The van der Waals surface area contributed by atoms with Gasteiger partial charge in [-0.25, -0.2) is 14.8 Å². The van der Waals surface area contributed by atoms with Gasteiger partial charge >= 0.3 is 11.9 Å². The fourth-order valence-corrected chi connectivity index (χ4v) is 1.89. The summed E-state index contributed by atoms with van der Waals surface area (Å²) in [7, 11) is 2.56. The van der Waals surface area contributed by atoms with Gasteiger partial charge in [0, 0.05) is 26.0 Å². The quantitative estimate of drug-likeness (QED) is 0.854. The van der Waals surface area contributed by atoms with E-state index in [0.29, 0.717) is 0 Å². The molecule has 0 aromatic carbocycles. The Bertz CT molecular complexity index is 930. The lowest BCUT2D eigenvalue weighted by molar-refractivity contribution is -0.145. The molecule has 0 aliphatic carbocycles. The molecule has 0 bridgehead atoms. The minimum absolute atomic E-state index is 0.0594. The fourth-order valence-electron chi connectivity index (χ4n) is 1.89. The van der Waals surface area contributed by atoms with Crippen LogP contribution in [0.5, 0.6) is 0 Å². The molecule has 0 unspecified atom stereocenters. The highest BCUT2D eigenvalue weighted by Gasteiger charge is 2.35. The minimum atomic E-state index is -4.81. The molecular weight excluding hydrogens is 331 g/mol. The maximum atomic E-state index is 12.7. The monoisotopic (exact) mass is 343 g/mol. The Morgan fingerprint density at radius 3 is 2.42 bits per heavy atom. The second-order valence-corrected chi connectivity index (χ2v) is 4.97. The van der Waals surface area contributed by atoms with Crippen molar-refractivity contribution in [2.24, 2.45) is 14.1 Å². The zero-order valence-corrected chi connectivity index (χ0v) is 12.8. The second-order valence-electron chi connectivity index (χ2n) is 4.97. The summed E-state index contributed by atoms with van der Waals surface area (Å²) in [5.74, 6) is -2.48. The van der Waals surface area contributed by atoms with Gasteiger partial charge in [0.15, 0.2) is 0 Å². The van der Waals surface area contributed by atoms with Crippen molar-refractivity contribution in [3.63, 3.8) is 0 Å². The zero-order chi connectivity index (χ0) is 18.2. The fraction of sp³-hybridized carbons (Fsp3) is 0.308. The lowest BCUT2D eigenvalue weighted by Crippen LogP contribution is -2.38. The molecule has 0 saturated heterocycles. The van der Waals surface area contributed by atoms with E-state index >= 15 is 0 Å². The number of anilines is 1. The SMILES string of the molecule is Cc1cc(C(=O)Nc2cn(C)c(=O)n(C)c2=O)nc(C(F)(F)F)n1. The van der Waals surface area contributed by atoms with Gasteiger partial charge in [0.25, 0.3) is 11.5 Å². The van der Waals surface area contributed by atoms with Crippen LogP contribution in [0.25, 0.3) is 0 Å². The largest absolute Gasteiger partial charge is 0.451 e. The number of carbonyl (C=O) groups excluding carboxylic acids is 1. The zero-order valence-electron chi connectivity index (χ0n) is 12.8. The highest BCUT2D eigenvalue weighted by atomic mass is 19.4. The number of rotatable bonds is 2. The third-order valence-corrected chi connectivity index (χ3v) is 3.04. The van der Waals surface area contributed by atoms with Crippen LogP contribution in [0.3, 0.4) is 0 Å². The van der Waals surface area contributed by atoms with E-state index in [1.165, 1.54) is 21.0 Å². The summed E-state index contributed by atoms with van der Waals surface area (Å²) in [6.07, 6.45) is -3.74. The number of aromatic nitrogens is 4. The summed E-state index contributed by atoms with van der Waals surface area (Å²) in [5.41, 5.74) is -2.29. The Morgan fingerprint density at radius 2 is 1.83 bits per heavy atom. The number of hydrogen-bond donors (Lipinski definition) is 1. The number of alkyl halides is 3. The van der Waals surface area contributed by atoms with Crippen LogP contribution in [-0.4, -0.2) is 25.0 Å². The predicted octanol–water partition coefficient (Wildman–Crippen LogP) is 0.454. The van der Waals surface area contributed by atoms with Crippen LogP contribution in [0, 0.1) is 6.92 Å². The predicted molar refractivity (Wildman–Crippen MR) is 76.6 cm³/mol. The lowest BCUT2D eigenvalue weighted by atomic mass is 10.3. The third-order valence-electron chi connectivity index (χ3n) is 3.04. The minimum Gasteiger partial charge on any atom is -0.315 e. The number of carbonyl (C=O) groups is 1. The van der Waals surface area contributed by atoms with E-state index in [1.807, 2.05) is 0 Å². The van der Waals surface area contributed by atoms with E-state index in [9.17, 15) is 27.6 Å². The first-order valence-electron chi connectivity index (χ1n) is 6.51. The molecule has 0 atom stereocenters. The molecule has 8 nitrogen and oxygen atoms in total. The maximum Gasteiger partial charge on any atom is 0.451 e. The normalized spacial score (nSPS) is 11.4. The molecule has 2 rings (SSSR count). The summed E-state index contributed by atoms with van der Waals surface area (Å²) < 4.78 is 39.9. The highest BCUT2D eigenvalue weighted by Crippen LogP contribution is 2.26. The van der Waals surface area contributed by atoms with E-state index in [-0.39, 0.29) is 11.4 Å². The van der Waals surface area contributed by atoms with Crippen molar-refractivity contribution in [1.29, 1.82) is 0 Å².